The van der Waals surface area contributed by atoms with Crippen molar-refractivity contribution in [3.05, 3.63) is 48.4 Å². The van der Waals surface area contributed by atoms with Crippen LogP contribution in [0.4, 0.5) is 0 Å². The average molecular weight is 445 g/mol. The molecule has 30 heavy (non-hydrogen) atoms. The number of nitrogens with zero attached hydrogens (tertiary/aromatic N) is 3. The molecule has 0 bridgehead atoms. The van der Waals surface area contributed by atoms with Crippen molar-refractivity contribution < 1.29 is 17.9 Å². The molecule has 1 aromatic carbocycles. The quantitative estimate of drug-likeness (QED) is 0.418. The van der Waals surface area contributed by atoms with Crippen molar-refractivity contribution in [1.82, 2.24) is 19.6 Å². The lowest BCUT2D eigenvalue weighted by molar-refractivity contribution is 0.290. The molecule has 4 aromatic rings. The molecule has 10 heteroatoms. The maximum Gasteiger partial charge on any atom is 0.281 e. The normalized spacial score (nSPS) is 18.4. The molecular weight excluding hydrogens is 424 g/mol. The van der Waals surface area contributed by atoms with Gasteiger partial charge in [-0.25, -0.2) is 13.9 Å². The van der Waals surface area contributed by atoms with Crippen molar-refractivity contribution >= 4 is 43.9 Å². The fraction of sp³-hybridized carbons (Fsp3) is 0.300. The van der Waals surface area contributed by atoms with Gasteiger partial charge in [0.25, 0.3) is 5.19 Å². The van der Waals surface area contributed by atoms with E-state index in [9.17, 15) is 4.21 Å². The summed E-state index contributed by atoms with van der Waals surface area (Å²) in [6.07, 6.45) is 2.72. The summed E-state index contributed by atoms with van der Waals surface area (Å²) < 4.78 is 35.2. The third-order valence-corrected chi connectivity index (χ3v) is 6.44. The molecule has 2 atom stereocenters. The number of furan rings is 1. The number of thiazole rings is 1. The zero-order chi connectivity index (χ0) is 20.5. The number of benzene rings is 1. The molecule has 1 aliphatic heterocycles. The van der Waals surface area contributed by atoms with Crippen LogP contribution < -0.4 is 9.46 Å². The number of ether oxygens (including phenoxy) is 1. The lowest BCUT2D eigenvalue weighted by Crippen LogP contribution is -2.27. The average Bonchev–Trinajstić information content (AvgIpc) is 3.43. The van der Waals surface area contributed by atoms with Gasteiger partial charge in [0.2, 0.25) is 11.3 Å². The first-order chi connectivity index (χ1) is 14.6. The van der Waals surface area contributed by atoms with Gasteiger partial charge in [-0.1, -0.05) is 11.3 Å². The molecule has 156 valence electrons. The van der Waals surface area contributed by atoms with Gasteiger partial charge in [-0.05, 0) is 49.2 Å². The van der Waals surface area contributed by atoms with Gasteiger partial charge >= 0.3 is 0 Å². The third-order valence-electron chi connectivity index (χ3n) is 5.14. The van der Waals surface area contributed by atoms with Crippen LogP contribution in [0, 0.1) is 5.92 Å². The molecule has 2 N–H and O–H groups in total. The first kappa shape index (κ1) is 19.6. The second-order valence-corrected chi connectivity index (χ2v) is 9.09. The molecule has 5 rings (SSSR count). The van der Waals surface area contributed by atoms with E-state index in [2.05, 4.69) is 25.7 Å². The minimum Gasteiger partial charge on any atom is -0.460 e. The van der Waals surface area contributed by atoms with Crippen LogP contribution in [-0.2, 0) is 17.8 Å². The zero-order valence-corrected chi connectivity index (χ0v) is 17.6. The fourth-order valence-corrected chi connectivity index (χ4v) is 4.91. The number of hydrogen-bond acceptors (Lipinski definition) is 7. The first-order valence-corrected chi connectivity index (χ1v) is 11.5. The topological polar surface area (TPSA) is 101 Å². The Kier molecular flexibility index (Phi) is 5.48. The summed E-state index contributed by atoms with van der Waals surface area (Å²) in [5.41, 5.74) is 1.46. The van der Waals surface area contributed by atoms with E-state index in [-0.39, 0.29) is 0 Å². The van der Waals surface area contributed by atoms with E-state index in [0.29, 0.717) is 35.6 Å². The minimum absolute atomic E-state index is 0.369. The van der Waals surface area contributed by atoms with Crippen LogP contribution >= 0.6 is 11.3 Å². The first-order valence-electron chi connectivity index (χ1n) is 9.61. The molecule has 0 spiro atoms. The van der Waals surface area contributed by atoms with Crippen LogP contribution in [0.25, 0.3) is 21.3 Å². The van der Waals surface area contributed by atoms with Crippen molar-refractivity contribution in [3.8, 4) is 10.9 Å². The summed E-state index contributed by atoms with van der Waals surface area (Å²) in [6.45, 7) is 3.08. The predicted molar refractivity (Wildman–Crippen MR) is 116 cm³/mol. The second-order valence-electron chi connectivity index (χ2n) is 7.31. The van der Waals surface area contributed by atoms with Gasteiger partial charge in [0.1, 0.15) is 17.1 Å². The summed E-state index contributed by atoms with van der Waals surface area (Å²) in [6, 6.07) is 11.7. The van der Waals surface area contributed by atoms with E-state index in [1.165, 1.54) is 11.3 Å². The highest BCUT2D eigenvalue weighted by Gasteiger charge is 2.23. The minimum atomic E-state index is -1.95. The monoisotopic (exact) mass is 444 g/mol. The largest absolute Gasteiger partial charge is 0.460 e. The van der Waals surface area contributed by atoms with E-state index in [1.54, 1.807) is 6.20 Å². The summed E-state index contributed by atoms with van der Waals surface area (Å²) >= 11 is -0.493. The van der Waals surface area contributed by atoms with Crippen molar-refractivity contribution in [1.29, 1.82) is 0 Å². The lowest BCUT2D eigenvalue weighted by Gasteiger charge is -2.14. The van der Waals surface area contributed by atoms with Gasteiger partial charge in [-0.15, -0.1) is 0 Å². The Morgan fingerprint density at radius 2 is 2.30 bits per heavy atom. The SMILES string of the molecule is O=S(O)NCC1CCN(Cc2cc3ccc(Oc4nc5ncccc5s4)cc3o2)C1. The molecule has 1 aliphatic rings. The maximum atomic E-state index is 10.8. The Morgan fingerprint density at radius 1 is 1.37 bits per heavy atom. The second kappa shape index (κ2) is 8.40. The van der Waals surface area contributed by atoms with Gasteiger partial charge in [-0.3, -0.25) is 9.45 Å². The van der Waals surface area contributed by atoms with Gasteiger partial charge in [0, 0.05) is 30.7 Å². The van der Waals surface area contributed by atoms with Gasteiger partial charge in [-0.2, -0.15) is 4.98 Å². The Labute approximate surface area is 179 Å². The number of aromatic nitrogens is 2. The lowest BCUT2D eigenvalue weighted by atomic mass is 10.1. The van der Waals surface area contributed by atoms with Gasteiger partial charge in [0.15, 0.2) is 5.65 Å². The molecule has 0 aliphatic carbocycles. The molecule has 1 saturated heterocycles. The molecule has 0 saturated carbocycles. The number of fused-ring (bicyclic) bond motifs is 2. The van der Waals surface area contributed by atoms with E-state index in [1.807, 2.05) is 30.3 Å². The zero-order valence-electron chi connectivity index (χ0n) is 16.0. The van der Waals surface area contributed by atoms with Crippen LogP contribution in [0.15, 0.2) is 47.0 Å². The Morgan fingerprint density at radius 3 is 3.17 bits per heavy atom. The third kappa shape index (κ3) is 4.37. The summed E-state index contributed by atoms with van der Waals surface area (Å²) in [7, 11) is 0. The molecule has 3 aromatic heterocycles. The van der Waals surface area contributed by atoms with Crippen LogP contribution in [0.5, 0.6) is 10.9 Å². The van der Waals surface area contributed by atoms with E-state index < -0.39 is 11.3 Å². The number of pyridine rings is 1. The summed E-state index contributed by atoms with van der Waals surface area (Å²) in [5.74, 6) is 1.94. The number of rotatable bonds is 7. The molecule has 1 fully saturated rings. The molecule has 0 radical (unpaired) electrons. The van der Waals surface area contributed by atoms with Crippen molar-refractivity contribution in [2.45, 2.75) is 13.0 Å². The number of nitrogens with one attached hydrogen (secondary N) is 1. The highest BCUT2D eigenvalue weighted by molar-refractivity contribution is 7.77. The molecule has 8 nitrogen and oxygen atoms in total. The highest BCUT2D eigenvalue weighted by Crippen LogP contribution is 2.32. The highest BCUT2D eigenvalue weighted by atomic mass is 32.2. The number of hydrogen-bond donors (Lipinski definition) is 2. The Hall–Kier alpha value is -2.37. The van der Waals surface area contributed by atoms with Gasteiger partial charge < -0.3 is 9.15 Å². The van der Waals surface area contributed by atoms with E-state index >= 15 is 0 Å². The molecule has 2 unspecified atom stereocenters. The van der Waals surface area contributed by atoms with Crippen LogP contribution in [-0.4, -0.2) is 43.3 Å². The van der Waals surface area contributed by atoms with Crippen LogP contribution in [0.1, 0.15) is 12.2 Å². The predicted octanol–water partition coefficient (Wildman–Crippen LogP) is 3.78. The summed E-state index contributed by atoms with van der Waals surface area (Å²) in [4.78, 5) is 10.9. The van der Waals surface area contributed by atoms with Crippen molar-refractivity contribution in [2.75, 3.05) is 19.6 Å². The van der Waals surface area contributed by atoms with Gasteiger partial charge in [0.05, 0.1) is 11.2 Å². The molecular formula is C20H20N4O4S2. The van der Waals surface area contributed by atoms with E-state index in [4.69, 9.17) is 13.7 Å². The van der Waals surface area contributed by atoms with Crippen molar-refractivity contribution in [2.24, 2.45) is 5.92 Å². The standard InChI is InChI=1S/C20H20N4O4S2/c25-30(26)22-10-13-5-7-24(11-13)12-16-8-14-3-4-15(9-17(14)27-16)28-20-23-19-18(29-20)2-1-6-21-19/h1-4,6,8-9,13,22H,5,7,10-12H2,(H,25,26). The van der Waals surface area contributed by atoms with E-state index in [0.717, 1.165) is 40.9 Å². The number of likely N-dealkylation sites (tertiary alicyclic amines) is 1. The Balaban J connectivity index is 1.25. The van der Waals surface area contributed by atoms with Crippen LogP contribution in [0.3, 0.4) is 0 Å². The van der Waals surface area contributed by atoms with Crippen LogP contribution in [0.2, 0.25) is 0 Å². The Bertz CT molecular complexity index is 1170. The maximum absolute atomic E-state index is 10.8. The fourth-order valence-electron chi connectivity index (χ4n) is 3.73. The van der Waals surface area contributed by atoms with Crippen molar-refractivity contribution in [3.63, 3.8) is 0 Å². The smallest absolute Gasteiger partial charge is 0.281 e. The summed E-state index contributed by atoms with van der Waals surface area (Å²) in [5, 5.41) is 1.58. The molecule has 0 amide bonds. The molecule has 4 heterocycles.